The second-order valence-electron chi connectivity index (χ2n) is 6.63. The molecule has 32 heavy (non-hydrogen) atoms. The second-order valence-corrected chi connectivity index (χ2v) is 6.63. The van der Waals surface area contributed by atoms with Crippen molar-refractivity contribution in [1.29, 1.82) is 0 Å². The van der Waals surface area contributed by atoms with E-state index in [9.17, 15) is 26.7 Å². The number of halogens is 5. The number of fused-ring (bicyclic) bond motifs is 1. The fourth-order valence-corrected chi connectivity index (χ4v) is 3.27. The summed E-state index contributed by atoms with van der Waals surface area (Å²) in [6.45, 7) is -3.06. The fourth-order valence-electron chi connectivity index (χ4n) is 3.27. The van der Waals surface area contributed by atoms with Crippen molar-refractivity contribution in [2.45, 2.75) is 12.8 Å². The number of rotatable bonds is 4. The van der Waals surface area contributed by atoms with Gasteiger partial charge in [0.15, 0.2) is 0 Å². The largest absolute Gasteiger partial charge is 0.435 e. The Morgan fingerprint density at radius 1 is 1.03 bits per heavy atom. The van der Waals surface area contributed by atoms with Gasteiger partial charge < -0.3 is 10.5 Å². The number of anilines is 1. The molecule has 0 aliphatic carbocycles. The highest BCUT2D eigenvalue weighted by Gasteiger charge is 2.32. The van der Waals surface area contributed by atoms with Gasteiger partial charge in [-0.25, -0.2) is 0 Å². The molecule has 0 saturated carbocycles. The second kappa shape index (κ2) is 7.91. The fraction of sp³-hybridized carbons (Fsp3) is 0.0952. The van der Waals surface area contributed by atoms with Crippen LogP contribution in [-0.4, -0.2) is 21.1 Å². The van der Waals surface area contributed by atoms with Crippen LogP contribution in [0.25, 0.3) is 27.8 Å². The molecule has 0 atom stereocenters. The predicted molar refractivity (Wildman–Crippen MR) is 107 cm³/mol. The van der Waals surface area contributed by atoms with Gasteiger partial charge in [-0.1, -0.05) is 0 Å². The summed E-state index contributed by atoms with van der Waals surface area (Å²) in [6, 6.07) is 8.68. The Labute approximate surface area is 176 Å². The number of nitrogens with two attached hydrogens (primary N) is 1. The standard InChI is InChI=1S/C21H13F5N4O2/c22-20(23)32-14-3-1-13(2-4-14)30-15-9-12(21(24,25)26)10-29-18(15)17(27)16(19(30)31)11-5-7-28-8-6-11/h1-10,20H,27H2. The first-order valence-electron chi connectivity index (χ1n) is 9.04. The van der Waals surface area contributed by atoms with E-state index in [0.29, 0.717) is 11.8 Å². The van der Waals surface area contributed by atoms with E-state index in [1.54, 1.807) is 0 Å². The van der Waals surface area contributed by atoms with Gasteiger partial charge in [0, 0.05) is 24.3 Å². The first kappa shape index (κ1) is 21.2. The molecule has 0 aliphatic heterocycles. The molecule has 0 unspecified atom stereocenters. The van der Waals surface area contributed by atoms with Crippen LogP contribution in [0.3, 0.4) is 0 Å². The lowest BCUT2D eigenvalue weighted by Crippen LogP contribution is -2.23. The number of aromatic nitrogens is 3. The number of alkyl halides is 5. The highest BCUT2D eigenvalue weighted by molar-refractivity contribution is 5.96. The van der Waals surface area contributed by atoms with Gasteiger partial charge in [0.25, 0.3) is 5.56 Å². The maximum atomic E-state index is 13.4. The van der Waals surface area contributed by atoms with Crippen LogP contribution in [0.1, 0.15) is 5.56 Å². The molecule has 0 aliphatic rings. The Morgan fingerprint density at radius 3 is 2.28 bits per heavy atom. The molecule has 0 bridgehead atoms. The minimum Gasteiger partial charge on any atom is -0.435 e. The Hall–Kier alpha value is -4.02. The molecule has 0 radical (unpaired) electrons. The van der Waals surface area contributed by atoms with Gasteiger partial charge in [-0.2, -0.15) is 22.0 Å². The summed E-state index contributed by atoms with van der Waals surface area (Å²) < 4.78 is 70.1. The van der Waals surface area contributed by atoms with Crippen LogP contribution in [0.15, 0.2) is 65.8 Å². The van der Waals surface area contributed by atoms with E-state index in [2.05, 4.69) is 14.7 Å². The molecule has 4 aromatic rings. The molecular weight excluding hydrogens is 435 g/mol. The van der Waals surface area contributed by atoms with Gasteiger partial charge in [0.1, 0.15) is 11.3 Å². The molecule has 2 N–H and O–H groups in total. The topological polar surface area (TPSA) is 83.0 Å². The summed E-state index contributed by atoms with van der Waals surface area (Å²) >= 11 is 0. The van der Waals surface area contributed by atoms with E-state index in [-0.39, 0.29) is 33.7 Å². The molecule has 11 heteroatoms. The van der Waals surface area contributed by atoms with Crippen LogP contribution < -0.4 is 16.0 Å². The maximum Gasteiger partial charge on any atom is 0.417 e. The number of ether oxygens (including phenoxy) is 1. The van der Waals surface area contributed by atoms with Gasteiger partial charge in [-0.05, 0) is 48.0 Å². The Morgan fingerprint density at radius 2 is 1.69 bits per heavy atom. The van der Waals surface area contributed by atoms with Crippen molar-refractivity contribution >= 4 is 16.7 Å². The summed E-state index contributed by atoms with van der Waals surface area (Å²) in [5, 5.41) is 0. The number of hydrogen-bond donors (Lipinski definition) is 1. The van der Waals surface area contributed by atoms with E-state index in [1.165, 1.54) is 48.8 Å². The van der Waals surface area contributed by atoms with Crippen LogP contribution in [0.5, 0.6) is 5.75 Å². The Bertz CT molecular complexity index is 1340. The van der Waals surface area contributed by atoms with Crippen molar-refractivity contribution in [1.82, 2.24) is 14.5 Å². The minimum absolute atomic E-state index is 0.0139. The Balaban J connectivity index is 2.05. The summed E-state index contributed by atoms with van der Waals surface area (Å²) in [7, 11) is 0. The smallest absolute Gasteiger partial charge is 0.417 e. The number of nitrogen functional groups attached to an aromatic ring is 1. The van der Waals surface area contributed by atoms with E-state index in [1.807, 2.05) is 0 Å². The van der Waals surface area contributed by atoms with Crippen LogP contribution >= 0.6 is 0 Å². The summed E-state index contributed by atoms with van der Waals surface area (Å²) in [5.41, 5.74) is 4.55. The summed E-state index contributed by atoms with van der Waals surface area (Å²) in [4.78, 5) is 21.2. The number of hydrogen-bond acceptors (Lipinski definition) is 5. The van der Waals surface area contributed by atoms with Crippen molar-refractivity contribution in [3.63, 3.8) is 0 Å². The zero-order valence-electron chi connectivity index (χ0n) is 16.0. The number of benzene rings is 1. The normalized spacial score (nSPS) is 11.8. The van der Waals surface area contributed by atoms with E-state index >= 15 is 0 Å². The zero-order chi connectivity index (χ0) is 23.0. The average molecular weight is 448 g/mol. The van der Waals surface area contributed by atoms with Gasteiger partial charge in [0.2, 0.25) is 0 Å². The van der Waals surface area contributed by atoms with Crippen molar-refractivity contribution < 1.29 is 26.7 Å². The molecule has 6 nitrogen and oxygen atoms in total. The van der Waals surface area contributed by atoms with Crippen molar-refractivity contribution in [3.8, 4) is 22.6 Å². The maximum absolute atomic E-state index is 13.4. The minimum atomic E-state index is -4.71. The Kier molecular flexibility index (Phi) is 5.25. The lowest BCUT2D eigenvalue weighted by atomic mass is 10.0. The number of pyridine rings is 3. The highest BCUT2D eigenvalue weighted by Crippen LogP contribution is 2.34. The average Bonchev–Trinajstić information content (AvgIpc) is 2.74. The quantitative estimate of drug-likeness (QED) is 0.460. The van der Waals surface area contributed by atoms with E-state index in [0.717, 1.165) is 10.6 Å². The molecule has 0 amide bonds. The van der Waals surface area contributed by atoms with E-state index < -0.39 is 23.9 Å². The van der Waals surface area contributed by atoms with Gasteiger partial charge in [-0.15, -0.1) is 0 Å². The molecule has 0 saturated heterocycles. The lowest BCUT2D eigenvalue weighted by Gasteiger charge is -2.17. The van der Waals surface area contributed by atoms with E-state index in [4.69, 9.17) is 5.73 Å². The molecule has 0 spiro atoms. The number of nitrogens with zero attached hydrogens (tertiary/aromatic N) is 3. The monoisotopic (exact) mass is 448 g/mol. The zero-order valence-corrected chi connectivity index (χ0v) is 16.0. The molecule has 3 aromatic heterocycles. The van der Waals surface area contributed by atoms with Crippen molar-refractivity contribution in [2.75, 3.05) is 5.73 Å². The summed E-state index contributed by atoms with van der Waals surface area (Å²) in [5.74, 6) is -0.181. The molecular formula is C21H13F5N4O2. The van der Waals surface area contributed by atoms with Gasteiger partial charge >= 0.3 is 12.8 Å². The van der Waals surface area contributed by atoms with Crippen molar-refractivity contribution in [3.05, 3.63) is 77.0 Å². The predicted octanol–water partition coefficient (Wildman–Crippen LogP) is 4.65. The molecule has 0 fully saturated rings. The van der Waals surface area contributed by atoms with Crippen molar-refractivity contribution in [2.24, 2.45) is 0 Å². The highest BCUT2D eigenvalue weighted by atomic mass is 19.4. The molecule has 1 aromatic carbocycles. The summed E-state index contributed by atoms with van der Waals surface area (Å²) in [6.07, 6.45) is -1.22. The lowest BCUT2D eigenvalue weighted by molar-refractivity contribution is -0.137. The van der Waals surface area contributed by atoms with Crippen LogP contribution in [0, 0.1) is 0 Å². The third kappa shape index (κ3) is 3.84. The molecule has 4 rings (SSSR count). The van der Waals surface area contributed by atoms with Gasteiger partial charge in [0.05, 0.1) is 22.3 Å². The third-order valence-electron chi connectivity index (χ3n) is 4.67. The first-order valence-corrected chi connectivity index (χ1v) is 9.04. The molecule has 164 valence electrons. The van der Waals surface area contributed by atoms with Crippen LogP contribution in [0.4, 0.5) is 27.6 Å². The third-order valence-corrected chi connectivity index (χ3v) is 4.67. The molecule has 3 heterocycles. The van der Waals surface area contributed by atoms with Crippen LogP contribution in [-0.2, 0) is 6.18 Å². The first-order chi connectivity index (χ1) is 15.2. The van der Waals surface area contributed by atoms with Crippen LogP contribution in [0.2, 0.25) is 0 Å². The SMILES string of the molecule is Nc1c(-c2ccncc2)c(=O)n(-c2ccc(OC(F)F)cc2)c2cc(C(F)(F)F)cnc12. The van der Waals surface area contributed by atoms with Gasteiger partial charge in [-0.3, -0.25) is 19.3 Å².